The van der Waals surface area contributed by atoms with Crippen molar-refractivity contribution in [2.45, 2.75) is 13.0 Å². The van der Waals surface area contributed by atoms with Gasteiger partial charge in [0.15, 0.2) is 0 Å². The number of ether oxygens (including phenoxy) is 1. The molecule has 5 nitrogen and oxygen atoms in total. The van der Waals surface area contributed by atoms with Gasteiger partial charge in [-0.1, -0.05) is 54.6 Å². The van der Waals surface area contributed by atoms with Crippen LogP contribution in [0.1, 0.15) is 12.0 Å². The monoisotopic (exact) mass is 429 g/mol. The normalized spacial score (nSPS) is 13.9. The summed E-state index contributed by atoms with van der Waals surface area (Å²) in [5, 5.41) is 3.01. The largest absolute Gasteiger partial charge is 0.378 e. The molecule has 5 heteroatoms. The topological polar surface area (TPSA) is 44.8 Å². The van der Waals surface area contributed by atoms with Crippen LogP contribution >= 0.6 is 0 Å². The molecule has 32 heavy (non-hydrogen) atoms. The second-order valence-corrected chi connectivity index (χ2v) is 8.25. The van der Waals surface area contributed by atoms with Crippen LogP contribution in [-0.4, -0.2) is 50.7 Å². The predicted molar refractivity (Wildman–Crippen MR) is 131 cm³/mol. The molecule has 1 fully saturated rings. The number of hydrogen-bond acceptors (Lipinski definition) is 4. The van der Waals surface area contributed by atoms with E-state index in [2.05, 4.69) is 82.8 Å². The van der Waals surface area contributed by atoms with Gasteiger partial charge >= 0.3 is 0 Å². The average molecular weight is 430 g/mol. The maximum absolute atomic E-state index is 12.4. The summed E-state index contributed by atoms with van der Waals surface area (Å²) in [7, 11) is 2.05. The molecule has 0 radical (unpaired) electrons. The average Bonchev–Trinajstić information content (AvgIpc) is 2.85. The summed E-state index contributed by atoms with van der Waals surface area (Å²) in [6.45, 7) is 4.88. The highest BCUT2D eigenvalue weighted by molar-refractivity contribution is 5.91. The van der Waals surface area contributed by atoms with Gasteiger partial charge in [0.05, 0.1) is 13.2 Å². The van der Waals surface area contributed by atoms with E-state index in [1.54, 1.807) is 0 Å². The van der Waals surface area contributed by atoms with E-state index in [0.29, 0.717) is 13.0 Å². The van der Waals surface area contributed by atoms with Crippen LogP contribution in [0, 0.1) is 0 Å². The van der Waals surface area contributed by atoms with Crippen molar-refractivity contribution in [3.8, 4) is 11.1 Å². The third-order valence-electron chi connectivity index (χ3n) is 5.76. The van der Waals surface area contributed by atoms with Crippen molar-refractivity contribution >= 4 is 17.3 Å². The first-order valence-corrected chi connectivity index (χ1v) is 11.2. The first kappa shape index (κ1) is 22.1. The number of carbonyl (C=O) groups is 1. The Kier molecular flexibility index (Phi) is 7.54. The predicted octanol–water partition coefficient (Wildman–Crippen LogP) is 4.65. The summed E-state index contributed by atoms with van der Waals surface area (Å²) in [4.78, 5) is 16.9. The first-order valence-electron chi connectivity index (χ1n) is 11.2. The van der Waals surface area contributed by atoms with E-state index in [1.165, 1.54) is 22.4 Å². The molecule has 1 amide bonds. The number of rotatable bonds is 8. The third-order valence-corrected chi connectivity index (χ3v) is 5.76. The van der Waals surface area contributed by atoms with Gasteiger partial charge in [-0.3, -0.25) is 4.79 Å². The van der Waals surface area contributed by atoms with Crippen molar-refractivity contribution in [3.05, 3.63) is 84.4 Å². The second-order valence-electron chi connectivity index (χ2n) is 8.25. The van der Waals surface area contributed by atoms with E-state index in [1.807, 2.05) is 18.2 Å². The molecule has 1 heterocycles. The fourth-order valence-electron chi connectivity index (χ4n) is 3.92. The Bertz CT molecular complexity index is 982. The molecular formula is C27H31N3O2. The SMILES string of the molecule is CN(CCC(=O)Nc1ccc(N2CCOCC2)cc1)Cc1ccc(-c2ccccc2)cc1. The van der Waals surface area contributed by atoms with Crippen molar-refractivity contribution in [2.75, 3.05) is 50.1 Å². The van der Waals surface area contributed by atoms with Gasteiger partial charge in [-0.05, 0) is 48.0 Å². The van der Waals surface area contributed by atoms with Gasteiger partial charge in [0.1, 0.15) is 0 Å². The summed E-state index contributed by atoms with van der Waals surface area (Å²) >= 11 is 0. The molecule has 1 N–H and O–H groups in total. The minimum absolute atomic E-state index is 0.0374. The van der Waals surface area contributed by atoms with Gasteiger partial charge in [0, 0.05) is 44.0 Å². The van der Waals surface area contributed by atoms with Crippen molar-refractivity contribution < 1.29 is 9.53 Å². The molecule has 0 unspecified atom stereocenters. The zero-order valence-corrected chi connectivity index (χ0v) is 18.7. The lowest BCUT2D eigenvalue weighted by Gasteiger charge is -2.28. The fourth-order valence-corrected chi connectivity index (χ4v) is 3.92. The highest BCUT2D eigenvalue weighted by Gasteiger charge is 2.11. The third kappa shape index (κ3) is 6.19. The van der Waals surface area contributed by atoms with Crippen LogP contribution < -0.4 is 10.2 Å². The number of amides is 1. The van der Waals surface area contributed by atoms with Crippen LogP contribution in [0.3, 0.4) is 0 Å². The van der Waals surface area contributed by atoms with Crippen molar-refractivity contribution in [3.63, 3.8) is 0 Å². The Hall–Kier alpha value is -3.15. The minimum atomic E-state index is 0.0374. The van der Waals surface area contributed by atoms with Gasteiger partial charge in [-0.25, -0.2) is 0 Å². The molecule has 4 rings (SSSR count). The summed E-state index contributed by atoms with van der Waals surface area (Å²) in [5.74, 6) is 0.0374. The van der Waals surface area contributed by atoms with Gasteiger partial charge in [-0.15, -0.1) is 0 Å². The molecule has 1 saturated heterocycles. The van der Waals surface area contributed by atoms with Crippen molar-refractivity contribution in [1.29, 1.82) is 0 Å². The van der Waals surface area contributed by atoms with E-state index < -0.39 is 0 Å². The minimum Gasteiger partial charge on any atom is -0.378 e. The Morgan fingerprint density at radius 3 is 2.25 bits per heavy atom. The Morgan fingerprint density at radius 1 is 0.906 bits per heavy atom. The number of carbonyl (C=O) groups excluding carboxylic acids is 1. The number of anilines is 2. The lowest BCUT2D eigenvalue weighted by molar-refractivity contribution is -0.116. The van der Waals surface area contributed by atoms with E-state index in [0.717, 1.165) is 38.5 Å². The van der Waals surface area contributed by atoms with Crippen LogP contribution in [0.25, 0.3) is 11.1 Å². The van der Waals surface area contributed by atoms with E-state index >= 15 is 0 Å². The van der Waals surface area contributed by atoms with E-state index in [9.17, 15) is 4.79 Å². The molecule has 0 aliphatic carbocycles. The number of morpholine rings is 1. The van der Waals surface area contributed by atoms with Crippen LogP contribution in [0.2, 0.25) is 0 Å². The quantitative estimate of drug-likeness (QED) is 0.566. The number of benzene rings is 3. The van der Waals surface area contributed by atoms with E-state index in [-0.39, 0.29) is 5.91 Å². The number of nitrogens with one attached hydrogen (secondary N) is 1. The molecule has 3 aromatic carbocycles. The smallest absolute Gasteiger partial charge is 0.225 e. The van der Waals surface area contributed by atoms with Gasteiger partial charge in [-0.2, -0.15) is 0 Å². The molecule has 1 aliphatic rings. The van der Waals surface area contributed by atoms with Crippen LogP contribution in [-0.2, 0) is 16.1 Å². The Labute approximate surface area is 190 Å². The summed E-state index contributed by atoms with van der Waals surface area (Å²) in [5.41, 5.74) is 5.69. The number of nitrogens with zero attached hydrogens (tertiary/aromatic N) is 2. The summed E-state index contributed by atoms with van der Waals surface area (Å²) in [6, 6.07) is 27.1. The van der Waals surface area contributed by atoms with Crippen molar-refractivity contribution in [2.24, 2.45) is 0 Å². The van der Waals surface area contributed by atoms with E-state index in [4.69, 9.17) is 4.74 Å². The standard InChI is InChI=1S/C27H31N3O2/c1-29(21-22-7-9-24(10-8-22)23-5-3-2-4-6-23)16-15-27(31)28-25-11-13-26(14-12-25)30-17-19-32-20-18-30/h2-14H,15-21H2,1H3,(H,28,31). The zero-order valence-electron chi connectivity index (χ0n) is 18.7. The van der Waals surface area contributed by atoms with Crippen LogP contribution in [0.15, 0.2) is 78.9 Å². The molecular weight excluding hydrogens is 398 g/mol. The second kappa shape index (κ2) is 10.9. The maximum Gasteiger partial charge on any atom is 0.225 e. The lowest BCUT2D eigenvalue weighted by atomic mass is 10.0. The summed E-state index contributed by atoms with van der Waals surface area (Å²) < 4.78 is 5.40. The highest BCUT2D eigenvalue weighted by atomic mass is 16.5. The maximum atomic E-state index is 12.4. The molecule has 0 bridgehead atoms. The zero-order chi connectivity index (χ0) is 22.2. The summed E-state index contributed by atoms with van der Waals surface area (Å²) in [6.07, 6.45) is 0.462. The Morgan fingerprint density at radius 2 is 1.56 bits per heavy atom. The van der Waals surface area contributed by atoms with Crippen LogP contribution in [0.5, 0.6) is 0 Å². The molecule has 1 aliphatic heterocycles. The number of hydrogen-bond donors (Lipinski definition) is 1. The molecule has 0 atom stereocenters. The Balaban J connectivity index is 1.21. The van der Waals surface area contributed by atoms with Crippen molar-refractivity contribution in [1.82, 2.24) is 4.90 Å². The highest BCUT2D eigenvalue weighted by Crippen LogP contribution is 2.20. The van der Waals surface area contributed by atoms with Crippen LogP contribution in [0.4, 0.5) is 11.4 Å². The fraction of sp³-hybridized carbons (Fsp3) is 0.296. The molecule has 0 saturated carbocycles. The molecule has 0 aromatic heterocycles. The molecule has 3 aromatic rings. The first-order chi connectivity index (χ1) is 15.7. The van der Waals surface area contributed by atoms with Gasteiger partial charge in [0.2, 0.25) is 5.91 Å². The lowest BCUT2D eigenvalue weighted by Crippen LogP contribution is -2.36. The molecule has 0 spiro atoms. The van der Waals surface area contributed by atoms with Gasteiger partial charge < -0.3 is 19.9 Å². The molecule has 166 valence electrons. The van der Waals surface area contributed by atoms with Gasteiger partial charge in [0.25, 0.3) is 0 Å².